The van der Waals surface area contributed by atoms with Crippen molar-refractivity contribution in [1.82, 2.24) is 0 Å². The lowest BCUT2D eigenvalue weighted by Crippen LogP contribution is -2.24. The number of benzene rings is 2. The van der Waals surface area contributed by atoms with E-state index in [9.17, 15) is 5.26 Å². The monoisotopic (exact) mass is 314 g/mol. The summed E-state index contributed by atoms with van der Waals surface area (Å²) in [7, 11) is 0. The molecule has 0 saturated carbocycles. The Morgan fingerprint density at radius 1 is 1.05 bits per heavy atom. The van der Waals surface area contributed by atoms with Crippen molar-refractivity contribution in [3.63, 3.8) is 0 Å². The van der Waals surface area contributed by atoms with E-state index >= 15 is 0 Å². The number of hydrogen-bond donors (Lipinski definition) is 1. The van der Waals surface area contributed by atoms with Gasteiger partial charge in [0.1, 0.15) is 6.04 Å². The van der Waals surface area contributed by atoms with Gasteiger partial charge in [0.05, 0.1) is 6.07 Å². The minimum atomic E-state index is -0.247. The quantitative estimate of drug-likeness (QED) is 0.898. The van der Waals surface area contributed by atoms with Gasteiger partial charge in [0.2, 0.25) is 0 Å². The van der Waals surface area contributed by atoms with E-state index in [0.29, 0.717) is 0 Å². The molecule has 0 bridgehead atoms. The molecular weight excluding hydrogens is 300 g/mol. The molecule has 2 unspecified atom stereocenters. The fourth-order valence-corrected chi connectivity index (χ4v) is 2.21. The second kappa shape index (κ2) is 6.40. The van der Waals surface area contributed by atoms with Crippen molar-refractivity contribution in [3.8, 4) is 6.07 Å². The standard InChI is InChI=1S/C16H15BrN2/c1-12(13-5-3-2-4-6-13)16(11-18)19-15-9-7-14(17)8-10-15/h2-10,12,16,19H,1H3. The predicted molar refractivity (Wildman–Crippen MR) is 82.0 cm³/mol. The number of nitrogens with one attached hydrogen (secondary N) is 1. The molecule has 0 saturated heterocycles. The Morgan fingerprint density at radius 2 is 1.68 bits per heavy atom. The molecule has 0 aromatic heterocycles. The first-order chi connectivity index (χ1) is 9.20. The van der Waals surface area contributed by atoms with E-state index in [1.165, 1.54) is 5.56 Å². The molecule has 2 nitrogen and oxygen atoms in total. The maximum atomic E-state index is 9.35. The van der Waals surface area contributed by atoms with Gasteiger partial charge in [-0.2, -0.15) is 5.26 Å². The van der Waals surface area contributed by atoms with Crippen LogP contribution < -0.4 is 5.32 Å². The Labute approximate surface area is 122 Å². The molecule has 0 aliphatic rings. The summed E-state index contributed by atoms with van der Waals surface area (Å²) < 4.78 is 1.03. The second-order valence-electron chi connectivity index (χ2n) is 4.46. The molecular formula is C16H15BrN2. The van der Waals surface area contributed by atoms with Crippen molar-refractivity contribution in [2.75, 3.05) is 5.32 Å². The van der Waals surface area contributed by atoms with Crippen molar-refractivity contribution in [2.24, 2.45) is 0 Å². The molecule has 0 radical (unpaired) electrons. The molecule has 0 heterocycles. The number of anilines is 1. The molecule has 2 atom stereocenters. The maximum absolute atomic E-state index is 9.35. The third kappa shape index (κ3) is 3.59. The molecule has 19 heavy (non-hydrogen) atoms. The summed E-state index contributed by atoms with van der Waals surface area (Å²) in [5.74, 6) is 0.134. The lowest BCUT2D eigenvalue weighted by Gasteiger charge is -2.20. The summed E-state index contributed by atoms with van der Waals surface area (Å²) in [5.41, 5.74) is 2.12. The summed E-state index contributed by atoms with van der Waals surface area (Å²) in [5, 5.41) is 12.6. The summed E-state index contributed by atoms with van der Waals surface area (Å²) in [6, 6.07) is 20.0. The molecule has 0 aliphatic carbocycles. The summed E-state index contributed by atoms with van der Waals surface area (Å²) >= 11 is 3.40. The first-order valence-electron chi connectivity index (χ1n) is 6.17. The fourth-order valence-electron chi connectivity index (χ4n) is 1.94. The highest BCUT2D eigenvalue weighted by Crippen LogP contribution is 2.22. The molecule has 2 rings (SSSR count). The fraction of sp³-hybridized carbons (Fsp3) is 0.188. The van der Waals surface area contributed by atoms with Gasteiger partial charge in [0, 0.05) is 16.1 Å². The predicted octanol–water partition coefficient (Wildman–Crippen LogP) is 4.56. The zero-order valence-corrected chi connectivity index (χ0v) is 12.3. The molecule has 2 aromatic rings. The summed E-state index contributed by atoms with van der Waals surface area (Å²) in [6.07, 6.45) is 0. The van der Waals surface area contributed by atoms with Crippen molar-refractivity contribution in [1.29, 1.82) is 5.26 Å². The van der Waals surface area contributed by atoms with Crippen LogP contribution in [0.4, 0.5) is 5.69 Å². The van der Waals surface area contributed by atoms with E-state index in [1.54, 1.807) is 0 Å². The molecule has 1 N–H and O–H groups in total. The topological polar surface area (TPSA) is 35.8 Å². The average molecular weight is 315 g/mol. The molecule has 0 fully saturated rings. The van der Waals surface area contributed by atoms with Crippen molar-refractivity contribution >= 4 is 21.6 Å². The first-order valence-corrected chi connectivity index (χ1v) is 6.96. The second-order valence-corrected chi connectivity index (χ2v) is 5.37. The smallest absolute Gasteiger partial charge is 0.121 e. The largest absolute Gasteiger partial charge is 0.369 e. The molecule has 0 aliphatic heterocycles. The lowest BCUT2D eigenvalue weighted by atomic mass is 9.94. The highest BCUT2D eigenvalue weighted by atomic mass is 79.9. The van der Waals surface area contributed by atoms with E-state index in [4.69, 9.17) is 0 Å². The van der Waals surface area contributed by atoms with Crippen LogP contribution in [0.3, 0.4) is 0 Å². The van der Waals surface area contributed by atoms with Gasteiger partial charge in [-0.05, 0) is 29.8 Å². The van der Waals surface area contributed by atoms with Gasteiger partial charge >= 0.3 is 0 Å². The Bertz CT molecular complexity index is 558. The maximum Gasteiger partial charge on any atom is 0.121 e. The van der Waals surface area contributed by atoms with Gasteiger partial charge in [-0.1, -0.05) is 53.2 Å². The number of nitriles is 1. The lowest BCUT2D eigenvalue weighted by molar-refractivity contribution is 0.710. The highest BCUT2D eigenvalue weighted by Gasteiger charge is 2.18. The third-order valence-corrected chi connectivity index (χ3v) is 3.66. The summed E-state index contributed by atoms with van der Waals surface area (Å²) in [4.78, 5) is 0. The zero-order valence-electron chi connectivity index (χ0n) is 10.7. The van der Waals surface area contributed by atoms with Gasteiger partial charge < -0.3 is 5.32 Å². The van der Waals surface area contributed by atoms with Crippen LogP contribution in [0, 0.1) is 11.3 Å². The number of halogens is 1. The van der Waals surface area contributed by atoms with Crippen LogP contribution in [0.1, 0.15) is 18.4 Å². The minimum absolute atomic E-state index is 0.134. The summed E-state index contributed by atoms with van der Waals surface area (Å²) in [6.45, 7) is 2.06. The minimum Gasteiger partial charge on any atom is -0.369 e. The Kier molecular flexibility index (Phi) is 4.59. The van der Waals surface area contributed by atoms with Crippen LogP contribution in [0.25, 0.3) is 0 Å². The first kappa shape index (κ1) is 13.6. The van der Waals surface area contributed by atoms with E-state index in [0.717, 1.165) is 10.2 Å². The zero-order chi connectivity index (χ0) is 13.7. The van der Waals surface area contributed by atoms with E-state index < -0.39 is 0 Å². The van der Waals surface area contributed by atoms with Crippen LogP contribution in [0.5, 0.6) is 0 Å². The van der Waals surface area contributed by atoms with E-state index in [-0.39, 0.29) is 12.0 Å². The SMILES string of the molecule is CC(c1ccccc1)C(C#N)Nc1ccc(Br)cc1. The van der Waals surface area contributed by atoms with Gasteiger partial charge in [0.15, 0.2) is 0 Å². The van der Waals surface area contributed by atoms with Crippen molar-refractivity contribution in [3.05, 3.63) is 64.6 Å². The van der Waals surface area contributed by atoms with Crippen LogP contribution in [-0.4, -0.2) is 6.04 Å². The Balaban J connectivity index is 2.13. The molecule has 0 spiro atoms. The van der Waals surface area contributed by atoms with Gasteiger partial charge in [-0.3, -0.25) is 0 Å². The average Bonchev–Trinajstić information content (AvgIpc) is 2.47. The van der Waals surface area contributed by atoms with Crippen molar-refractivity contribution < 1.29 is 0 Å². The Hall–Kier alpha value is -1.79. The molecule has 2 aromatic carbocycles. The van der Waals surface area contributed by atoms with Crippen LogP contribution in [-0.2, 0) is 0 Å². The van der Waals surface area contributed by atoms with Crippen LogP contribution in [0.2, 0.25) is 0 Å². The third-order valence-electron chi connectivity index (χ3n) is 3.13. The van der Waals surface area contributed by atoms with Gasteiger partial charge in [-0.25, -0.2) is 0 Å². The van der Waals surface area contributed by atoms with E-state index in [2.05, 4.69) is 46.4 Å². The van der Waals surface area contributed by atoms with E-state index in [1.807, 2.05) is 42.5 Å². The number of rotatable bonds is 4. The normalized spacial score (nSPS) is 13.3. The molecule has 0 amide bonds. The Morgan fingerprint density at radius 3 is 2.26 bits per heavy atom. The van der Waals surface area contributed by atoms with Crippen molar-refractivity contribution in [2.45, 2.75) is 18.9 Å². The van der Waals surface area contributed by atoms with Crippen LogP contribution in [0.15, 0.2) is 59.1 Å². The molecule has 96 valence electrons. The van der Waals surface area contributed by atoms with Gasteiger partial charge in [0.25, 0.3) is 0 Å². The number of hydrogen-bond acceptors (Lipinski definition) is 2. The highest BCUT2D eigenvalue weighted by molar-refractivity contribution is 9.10. The number of nitrogens with zero attached hydrogens (tertiary/aromatic N) is 1. The van der Waals surface area contributed by atoms with Crippen LogP contribution >= 0.6 is 15.9 Å². The molecule has 3 heteroatoms. The van der Waals surface area contributed by atoms with Gasteiger partial charge in [-0.15, -0.1) is 0 Å².